The van der Waals surface area contributed by atoms with Gasteiger partial charge in [0, 0.05) is 40.5 Å². The molecule has 0 radical (unpaired) electrons. The van der Waals surface area contributed by atoms with Crippen LogP contribution in [0.2, 0.25) is 0 Å². The molecule has 0 bridgehead atoms. The summed E-state index contributed by atoms with van der Waals surface area (Å²) in [6.07, 6.45) is 0.942. The van der Waals surface area contributed by atoms with Crippen LogP contribution in [-0.2, 0) is 19.0 Å². The van der Waals surface area contributed by atoms with Crippen LogP contribution >= 0.6 is 0 Å². The Morgan fingerprint density at radius 1 is 1.06 bits per heavy atom. The Morgan fingerprint density at radius 2 is 1.67 bits per heavy atom. The molecule has 18 heavy (non-hydrogen) atoms. The Hall–Kier alpha value is -0.650. The van der Waals surface area contributed by atoms with E-state index in [1.54, 1.807) is 14.2 Å². The molecule has 0 aliphatic rings. The van der Waals surface area contributed by atoms with Crippen LogP contribution in [0.5, 0.6) is 0 Å². The highest BCUT2D eigenvalue weighted by molar-refractivity contribution is 5.76. The lowest BCUT2D eigenvalue weighted by Crippen LogP contribution is -2.41. The Bertz CT molecular complexity index is 231. The van der Waals surface area contributed by atoms with Crippen LogP contribution in [0.15, 0.2) is 0 Å². The molecule has 0 atom stereocenters. The van der Waals surface area contributed by atoms with E-state index in [1.807, 2.05) is 13.8 Å². The molecule has 108 valence electrons. The summed E-state index contributed by atoms with van der Waals surface area (Å²) in [5, 5.41) is 0. The maximum Gasteiger partial charge on any atom is 0.312 e. The molecule has 0 aromatic heterocycles. The van der Waals surface area contributed by atoms with Crippen LogP contribution < -0.4 is 0 Å². The fraction of sp³-hybridized carbons (Fsp3) is 0.923. The molecule has 0 amide bonds. The number of ether oxygens (including phenoxy) is 3. The molecule has 0 aliphatic heterocycles. The van der Waals surface area contributed by atoms with Gasteiger partial charge in [-0.05, 0) is 20.3 Å². The average molecular weight is 261 g/mol. The van der Waals surface area contributed by atoms with E-state index in [0.29, 0.717) is 13.2 Å². The summed E-state index contributed by atoms with van der Waals surface area (Å²) in [5.74, 6) is -0.184. The van der Waals surface area contributed by atoms with E-state index in [-0.39, 0.29) is 5.97 Å². The van der Waals surface area contributed by atoms with Gasteiger partial charge in [-0.1, -0.05) is 0 Å². The largest absolute Gasteiger partial charge is 0.469 e. The number of hydrogen-bond donors (Lipinski definition) is 0. The lowest BCUT2D eigenvalue weighted by atomic mass is 9.93. The summed E-state index contributed by atoms with van der Waals surface area (Å²) in [7, 11) is 4.80. The molecule has 0 saturated heterocycles. The second kappa shape index (κ2) is 9.30. The van der Waals surface area contributed by atoms with Crippen LogP contribution in [0.1, 0.15) is 20.3 Å². The van der Waals surface area contributed by atoms with Gasteiger partial charge in [0.05, 0.1) is 19.1 Å². The maximum atomic E-state index is 11.7. The van der Waals surface area contributed by atoms with Gasteiger partial charge in [-0.2, -0.15) is 0 Å². The van der Waals surface area contributed by atoms with Gasteiger partial charge in [0.2, 0.25) is 0 Å². The number of esters is 1. The highest BCUT2D eigenvalue weighted by Crippen LogP contribution is 2.19. The van der Waals surface area contributed by atoms with Crippen molar-refractivity contribution >= 4 is 5.97 Å². The summed E-state index contributed by atoms with van der Waals surface area (Å²) < 4.78 is 15.0. The van der Waals surface area contributed by atoms with Crippen LogP contribution in [0.25, 0.3) is 0 Å². The summed E-state index contributed by atoms with van der Waals surface area (Å²) >= 11 is 0. The van der Waals surface area contributed by atoms with Crippen molar-refractivity contribution in [3.05, 3.63) is 0 Å². The SMILES string of the molecule is COCCCN(CCOC)CC(C)(C)C(=O)OC. The molecule has 0 saturated carbocycles. The molecule has 0 heterocycles. The van der Waals surface area contributed by atoms with E-state index in [4.69, 9.17) is 14.2 Å². The number of carbonyl (C=O) groups excluding carboxylic acids is 1. The third-order valence-electron chi connectivity index (χ3n) is 2.79. The lowest BCUT2D eigenvalue weighted by Gasteiger charge is -2.30. The van der Waals surface area contributed by atoms with Gasteiger partial charge in [0.1, 0.15) is 0 Å². The van der Waals surface area contributed by atoms with E-state index in [2.05, 4.69) is 4.90 Å². The van der Waals surface area contributed by atoms with Crippen molar-refractivity contribution in [2.24, 2.45) is 5.41 Å². The Labute approximate surface area is 110 Å². The standard InChI is InChI=1S/C13H27NO4/c1-13(2,12(15)18-5)11-14(8-10-17-4)7-6-9-16-3/h6-11H2,1-5H3. The van der Waals surface area contributed by atoms with Crippen LogP contribution in [-0.4, -0.2) is 65.0 Å². The first kappa shape index (κ1) is 17.4. The fourth-order valence-electron chi connectivity index (χ4n) is 1.82. The minimum absolute atomic E-state index is 0.184. The second-order valence-corrected chi connectivity index (χ2v) is 4.99. The van der Waals surface area contributed by atoms with Gasteiger partial charge in [-0.3, -0.25) is 9.69 Å². The normalized spacial score (nSPS) is 11.9. The third-order valence-corrected chi connectivity index (χ3v) is 2.79. The number of methoxy groups -OCH3 is 3. The van der Waals surface area contributed by atoms with Gasteiger partial charge >= 0.3 is 5.97 Å². The Morgan fingerprint density at radius 3 is 2.17 bits per heavy atom. The topological polar surface area (TPSA) is 48.0 Å². The maximum absolute atomic E-state index is 11.7. The van der Waals surface area contributed by atoms with Crippen molar-refractivity contribution < 1.29 is 19.0 Å². The van der Waals surface area contributed by atoms with E-state index >= 15 is 0 Å². The van der Waals surface area contributed by atoms with Gasteiger partial charge in [-0.25, -0.2) is 0 Å². The van der Waals surface area contributed by atoms with Crippen LogP contribution in [0, 0.1) is 5.41 Å². The molecule has 0 rings (SSSR count). The molecular weight excluding hydrogens is 234 g/mol. The van der Waals surface area contributed by atoms with E-state index in [1.165, 1.54) is 7.11 Å². The quantitative estimate of drug-likeness (QED) is 0.436. The summed E-state index contributed by atoms with van der Waals surface area (Å²) in [4.78, 5) is 13.9. The molecule has 0 aliphatic carbocycles. The number of hydrogen-bond acceptors (Lipinski definition) is 5. The zero-order valence-electron chi connectivity index (χ0n) is 12.3. The highest BCUT2D eigenvalue weighted by Gasteiger charge is 2.30. The summed E-state index contributed by atoms with van der Waals surface area (Å²) in [6, 6.07) is 0. The molecule has 0 aromatic carbocycles. The first-order chi connectivity index (χ1) is 8.47. The number of nitrogens with zero attached hydrogens (tertiary/aromatic N) is 1. The first-order valence-corrected chi connectivity index (χ1v) is 6.26. The van der Waals surface area contributed by atoms with Crippen molar-refractivity contribution in [3.63, 3.8) is 0 Å². The highest BCUT2D eigenvalue weighted by atomic mass is 16.5. The van der Waals surface area contributed by atoms with Crippen molar-refractivity contribution in [1.29, 1.82) is 0 Å². The number of rotatable bonds is 10. The predicted molar refractivity (Wildman–Crippen MR) is 70.6 cm³/mol. The molecule has 0 spiro atoms. The van der Waals surface area contributed by atoms with E-state index in [9.17, 15) is 4.79 Å². The molecule has 5 heteroatoms. The predicted octanol–water partition coefficient (Wildman–Crippen LogP) is 1.17. The Kier molecular flexibility index (Phi) is 8.97. The van der Waals surface area contributed by atoms with Gasteiger partial charge in [0.25, 0.3) is 0 Å². The monoisotopic (exact) mass is 261 g/mol. The van der Waals surface area contributed by atoms with Crippen LogP contribution in [0.4, 0.5) is 0 Å². The molecule has 0 N–H and O–H groups in total. The van der Waals surface area contributed by atoms with Crippen LogP contribution in [0.3, 0.4) is 0 Å². The molecule has 5 nitrogen and oxygen atoms in total. The van der Waals surface area contributed by atoms with E-state index in [0.717, 1.165) is 26.1 Å². The average Bonchev–Trinajstić information content (AvgIpc) is 2.34. The smallest absolute Gasteiger partial charge is 0.312 e. The van der Waals surface area contributed by atoms with Gasteiger partial charge < -0.3 is 14.2 Å². The molecule has 0 fully saturated rings. The molecular formula is C13H27NO4. The summed E-state index contributed by atoms with van der Waals surface area (Å²) in [6.45, 7) is 7.53. The minimum Gasteiger partial charge on any atom is -0.469 e. The van der Waals surface area contributed by atoms with Crippen molar-refractivity contribution in [3.8, 4) is 0 Å². The third kappa shape index (κ3) is 6.93. The zero-order valence-corrected chi connectivity index (χ0v) is 12.3. The minimum atomic E-state index is -0.504. The molecule has 0 unspecified atom stereocenters. The second-order valence-electron chi connectivity index (χ2n) is 4.99. The van der Waals surface area contributed by atoms with Gasteiger partial charge in [-0.15, -0.1) is 0 Å². The molecule has 0 aromatic rings. The van der Waals surface area contributed by atoms with Crippen molar-refractivity contribution in [1.82, 2.24) is 4.90 Å². The number of carbonyl (C=O) groups is 1. The fourth-order valence-corrected chi connectivity index (χ4v) is 1.82. The first-order valence-electron chi connectivity index (χ1n) is 6.26. The lowest BCUT2D eigenvalue weighted by molar-refractivity contribution is -0.151. The van der Waals surface area contributed by atoms with Crippen molar-refractivity contribution in [2.45, 2.75) is 20.3 Å². The zero-order chi connectivity index (χ0) is 14.0. The van der Waals surface area contributed by atoms with Gasteiger partial charge in [0.15, 0.2) is 0 Å². The Balaban J connectivity index is 4.31. The van der Waals surface area contributed by atoms with E-state index < -0.39 is 5.41 Å². The van der Waals surface area contributed by atoms with Crippen molar-refractivity contribution in [2.75, 3.05) is 54.2 Å². The summed E-state index contributed by atoms with van der Waals surface area (Å²) in [5.41, 5.74) is -0.504.